The predicted molar refractivity (Wildman–Crippen MR) is 88.1 cm³/mol. The molecule has 110 valence electrons. The van der Waals surface area contributed by atoms with Gasteiger partial charge in [0.05, 0.1) is 29.2 Å². The molecule has 0 unspecified atom stereocenters. The second-order valence-corrected chi connectivity index (χ2v) is 5.49. The molecule has 0 aliphatic heterocycles. The van der Waals surface area contributed by atoms with Crippen LogP contribution in [0.3, 0.4) is 0 Å². The molecule has 0 bridgehead atoms. The Kier molecular flexibility index (Phi) is 4.11. The van der Waals surface area contributed by atoms with Crippen molar-refractivity contribution in [3.8, 4) is 5.88 Å². The maximum absolute atomic E-state index is 11.9. The smallest absolute Gasteiger partial charge is 0.248 e. The van der Waals surface area contributed by atoms with Gasteiger partial charge in [-0.25, -0.2) is 9.97 Å². The molecular weight excluding hydrogens is 298 g/mol. The molecule has 1 amide bonds. The summed E-state index contributed by atoms with van der Waals surface area (Å²) in [6, 6.07) is 11.3. The number of ether oxygens (including phenoxy) is 1. The number of hydrogen-bond donors (Lipinski definition) is 1. The van der Waals surface area contributed by atoms with Gasteiger partial charge in [0.1, 0.15) is 5.01 Å². The number of methoxy groups -OCH3 is 1. The van der Waals surface area contributed by atoms with E-state index in [1.165, 1.54) is 6.08 Å². The van der Waals surface area contributed by atoms with Crippen LogP contribution in [0.2, 0.25) is 0 Å². The van der Waals surface area contributed by atoms with Crippen molar-refractivity contribution in [2.24, 2.45) is 0 Å². The quantitative estimate of drug-likeness (QED) is 0.750. The van der Waals surface area contributed by atoms with E-state index in [-0.39, 0.29) is 5.91 Å². The largest absolute Gasteiger partial charge is 0.481 e. The Morgan fingerprint density at radius 2 is 2.14 bits per heavy atom. The Morgan fingerprint density at radius 3 is 2.86 bits per heavy atom. The van der Waals surface area contributed by atoms with E-state index >= 15 is 0 Å². The SMILES string of the molecule is COc1ccc(NC(=O)/C=C/c2nc3ccccc3s2)cn1. The van der Waals surface area contributed by atoms with Crippen molar-refractivity contribution in [1.29, 1.82) is 0 Å². The number of anilines is 1. The number of fused-ring (bicyclic) bond motifs is 1. The summed E-state index contributed by atoms with van der Waals surface area (Å²) >= 11 is 1.54. The molecule has 3 aromatic rings. The van der Waals surface area contributed by atoms with Crippen LogP contribution in [0.1, 0.15) is 5.01 Å². The number of benzene rings is 1. The lowest BCUT2D eigenvalue weighted by Gasteiger charge is -2.02. The molecule has 0 aliphatic carbocycles. The van der Waals surface area contributed by atoms with E-state index in [0.29, 0.717) is 11.6 Å². The Labute approximate surface area is 131 Å². The maximum Gasteiger partial charge on any atom is 0.248 e. The monoisotopic (exact) mass is 311 g/mol. The number of nitrogens with zero attached hydrogens (tertiary/aromatic N) is 2. The zero-order chi connectivity index (χ0) is 15.4. The highest BCUT2D eigenvalue weighted by Crippen LogP contribution is 2.22. The Morgan fingerprint density at radius 1 is 1.27 bits per heavy atom. The highest BCUT2D eigenvalue weighted by Gasteiger charge is 2.02. The summed E-state index contributed by atoms with van der Waals surface area (Å²) in [7, 11) is 1.54. The third kappa shape index (κ3) is 3.29. The molecule has 1 aromatic carbocycles. The van der Waals surface area contributed by atoms with Crippen LogP contribution in [0.15, 0.2) is 48.7 Å². The summed E-state index contributed by atoms with van der Waals surface area (Å²) in [5, 5.41) is 3.53. The van der Waals surface area contributed by atoms with Gasteiger partial charge in [-0.15, -0.1) is 11.3 Å². The van der Waals surface area contributed by atoms with Crippen LogP contribution in [0.25, 0.3) is 16.3 Å². The van der Waals surface area contributed by atoms with Gasteiger partial charge >= 0.3 is 0 Å². The molecular formula is C16H13N3O2S. The van der Waals surface area contributed by atoms with Gasteiger partial charge in [0, 0.05) is 12.1 Å². The molecule has 0 saturated carbocycles. The summed E-state index contributed by atoms with van der Waals surface area (Å²) < 4.78 is 6.06. The first-order valence-corrected chi connectivity index (χ1v) is 7.41. The molecule has 2 heterocycles. The van der Waals surface area contributed by atoms with Crippen molar-refractivity contribution in [3.63, 3.8) is 0 Å². The van der Waals surface area contributed by atoms with Crippen LogP contribution in [0.5, 0.6) is 5.88 Å². The fourth-order valence-corrected chi connectivity index (χ4v) is 2.74. The standard InChI is InChI=1S/C16H13N3O2S/c1-21-15-8-6-11(10-17-15)18-14(20)7-9-16-19-12-4-2-3-5-13(12)22-16/h2-10H,1H3,(H,18,20)/b9-7+. The Bertz CT molecular complexity index is 792. The topological polar surface area (TPSA) is 64.1 Å². The predicted octanol–water partition coefficient (Wildman–Crippen LogP) is 3.35. The fraction of sp³-hybridized carbons (Fsp3) is 0.0625. The lowest BCUT2D eigenvalue weighted by Crippen LogP contribution is -2.07. The van der Waals surface area contributed by atoms with E-state index < -0.39 is 0 Å². The first-order chi connectivity index (χ1) is 10.7. The molecule has 0 saturated heterocycles. The summed E-state index contributed by atoms with van der Waals surface area (Å²) in [6.45, 7) is 0. The summed E-state index contributed by atoms with van der Waals surface area (Å²) in [6.07, 6.45) is 4.71. The molecule has 2 aromatic heterocycles. The number of thiazole rings is 1. The van der Waals surface area contributed by atoms with Crippen molar-refractivity contribution in [1.82, 2.24) is 9.97 Å². The van der Waals surface area contributed by atoms with Gasteiger partial charge in [0.15, 0.2) is 0 Å². The fourth-order valence-electron chi connectivity index (χ4n) is 1.87. The first-order valence-electron chi connectivity index (χ1n) is 6.59. The third-order valence-corrected chi connectivity index (χ3v) is 3.90. The number of carbonyl (C=O) groups excluding carboxylic acids is 1. The van der Waals surface area contributed by atoms with Crippen molar-refractivity contribution in [2.75, 3.05) is 12.4 Å². The highest BCUT2D eigenvalue weighted by molar-refractivity contribution is 7.19. The maximum atomic E-state index is 11.9. The number of rotatable bonds is 4. The Balaban J connectivity index is 1.67. The number of amides is 1. The number of para-hydroxylation sites is 1. The van der Waals surface area contributed by atoms with Gasteiger partial charge in [-0.2, -0.15) is 0 Å². The van der Waals surface area contributed by atoms with E-state index in [2.05, 4.69) is 15.3 Å². The molecule has 3 rings (SSSR count). The van der Waals surface area contributed by atoms with Crippen LogP contribution in [-0.4, -0.2) is 23.0 Å². The van der Waals surface area contributed by atoms with Crippen LogP contribution in [0.4, 0.5) is 5.69 Å². The first kappa shape index (κ1) is 14.2. The number of hydrogen-bond acceptors (Lipinski definition) is 5. The zero-order valence-corrected chi connectivity index (χ0v) is 12.6. The van der Waals surface area contributed by atoms with Crippen molar-refractivity contribution in [2.45, 2.75) is 0 Å². The zero-order valence-electron chi connectivity index (χ0n) is 11.8. The molecule has 6 heteroatoms. The summed E-state index contributed by atoms with van der Waals surface area (Å²) in [5.41, 5.74) is 1.55. The second kappa shape index (κ2) is 6.36. The summed E-state index contributed by atoms with van der Waals surface area (Å²) in [5.74, 6) is 0.272. The Hall–Kier alpha value is -2.73. The van der Waals surface area contributed by atoms with Gasteiger partial charge in [0.2, 0.25) is 11.8 Å². The lowest BCUT2D eigenvalue weighted by atomic mass is 10.3. The number of aromatic nitrogens is 2. The molecule has 0 radical (unpaired) electrons. The molecule has 0 fully saturated rings. The van der Waals surface area contributed by atoms with Crippen LogP contribution in [0, 0.1) is 0 Å². The van der Waals surface area contributed by atoms with Gasteiger partial charge < -0.3 is 10.1 Å². The van der Waals surface area contributed by atoms with Crippen molar-refractivity contribution < 1.29 is 9.53 Å². The summed E-state index contributed by atoms with van der Waals surface area (Å²) in [4.78, 5) is 20.3. The third-order valence-electron chi connectivity index (χ3n) is 2.90. The van der Waals surface area contributed by atoms with Crippen LogP contribution < -0.4 is 10.1 Å². The van der Waals surface area contributed by atoms with Crippen LogP contribution in [-0.2, 0) is 4.79 Å². The highest BCUT2D eigenvalue weighted by atomic mass is 32.1. The van der Waals surface area contributed by atoms with Crippen molar-refractivity contribution in [3.05, 3.63) is 53.7 Å². The molecule has 22 heavy (non-hydrogen) atoms. The van der Waals surface area contributed by atoms with E-state index in [9.17, 15) is 4.79 Å². The second-order valence-electron chi connectivity index (χ2n) is 4.43. The molecule has 5 nitrogen and oxygen atoms in total. The van der Waals surface area contributed by atoms with E-state index in [1.807, 2.05) is 24.3 Å². The van der Waals surface area contributed by atoms with E-state index in [4.69, 9.17) is 4.74 Å². The molecule has 0 spiro atoms. The number of pyridine rings is 1. The average molecular weight is 311 g/mol. The normalized spacial score (nSPS) is 11.0. The van der Waals surface area contributed by atoms with E-state index in [0.717, 1.165) is 15.2 Å². The number of nitrogens with one attached hydrogen (secondary N) is 1. The van der Waals surface area contributed by atoms with Crippen molar-refractivity contribution >= 4 is 39.2 Å². The van der Waals surface area contributed by atoms with Gasteiger partial charge in [0.25, 0.3) is 0 Å². The molecule has 0 aliphatic rings. The minimum atomic E-state index is -0.230. The van der Waals surface area contributed by atoms with E-state index in [1.54, 1.807) is 42.9 Å². The molecule has 1 N–H and O–H groups in total. The average Bonchev–Trinajstić information content (AvgIpc) is 2.96. The van der Waals surface area contributed by atoms with Gasteiger partial charge in [-0.1, -0.05) is 12.1 Å². The van der Waals surface area contributed by atoms with Crippen LogP contribution >= 0.6 is 11.3 Å². The minimum absolute atomic E-state index is 0.230. The minimum Gasteiger partial charge on any atom is -0.481 e. The lowest BCUT2D eigenvalue weighted by molar-refractivity contribution is -0.111. The van der Waals surface area contributed by atoms with Gasteiger partial charge in [-0.05, 0) is 24.3 Å². The number of carbonyl (C=O) groups is 1. The van der Waals surface area contributed by atoms with Gasteiger partial charge in [-0.3, -0.25) is 4.79 Å². The molecule has 0 atom stereocenters.